The molecule has 17 heteroatoms. The van der Waals surface area contributed by atoms with E-state index < -0.39 is 40.2 Å². The van der Waals surface area contributed by atoms with Gasteiger partial charge in [0.05, 0.1) is 16.9 Å². The summed E-state index contributed by atoms with van der Waals surface area (Å²) >= 11 is 2.60. The maximum atomic E-state index is 12.8. The molecular weight excluding hydrogens is 490 g/mol. The van der Waals surface area contributed by atoms with Gasteiger partial charge in [-0.1, -0.05) is 11.8 Å². The number of carbonyl (C=O) groups is 3. The molecule has 0 unspecified atom stereocenters. The van der Waals surface area contributed by atoms with Crippen molar-refractivity contribution in [2.24, 2.45) is 7.05 Å². The Balaban J connectivity index is 1.46. The fourth-order valence-electron chi connectivity index (χ4n) is 3.63. The minimum absolute atomic E-state index is 0.103. The summed E-state index contributed by atoms with van der Waals surface area (Å²) in [4.78, 5) is 49.1. The molecule has 2 aromatic heterocycles. The van der Waals surface area contributed by atoms with Crippen molar-refractivity contribution in [3.05, 3.63) is 33.1 Å². The summed E-state index contributed by atoms with van der Waals surface area (Å²) < 4.78 is 2.67. The molecule has 0 aliphatic carbocycles. The van der Waals surface area contributed by atoms with Gasteiger partial charge >= 0.3 is 11.8 Å². The van der Waals surface area contributed by atoms with Crippen molar-refractivity contribution in [2.75, 3.05) is 11.5 Å². The molecule has 4 heterocycles. The predicted molar refractivity (Wildman–Crippen MR) is 118 cm³/mol. The Morgan fingerprint density at radius 1 is 1.47 bits per heavy atom. The molecule has 4 rings (SSSR count). The van der Waals surface area contributed by atoms with E-state index in [2.05, 4.69) is 25.9 Å². The monoisotopic (exact) mass is 509 g/mol. The summed E-state index contributed by atoms with van der Waals surface area (Å²) in [6, 6.07) is -0.583. The first-order chi connectivity index (χ1) is 16.1. The number of carboxylic acids is 1. The average molecular weight is 510 g/mol. The van der Waals surface area contributed by atoms with Gasteiger partial charge in [0, 0.05) is 18.6 Å². The SMILES string of the molecule is Cc1cc([N+](=O)[O-])nn1[C@@H](C)C(=O)N[C@H]1C(=O)N2C(C(=O)O)=C(CSc3nnnn3C)CS[C@H]12. The van der Waals surface area contributed by atoms with E-state index in [0.29, 0.717) is 22.2 Å². The van der Waals surface area contributed by atoms with Gasteiger partial charge in [-0.15, -0.1) is 16.9 Å². The molecule has 15 nitrogen and oxygen atoms in total. The van der Waals surface area contributed by atoms with Gasteiger partial charge in [-0.2, -0.15) is 4.68 Å². The number of carboxylic acid groups (broad SMARTS) is 1. The molecular formula is C17H19N9O6S2. The third kappa shape index (κ3) is 4.11. The van der Waals surface area contributed by atoms with E-state index in [0.717, 1.165) is 0 Å². The van der Waals surface area contributed by atoms with Gasteiger partial charge in [0.1, 0.15) is 23.2 Å². The Bertz CT molecular complexity index is 1220. The van der Waals surface area contributed by atoms with Crippen molar-refractivity contribution in [2.45, 2.75) is 36.5 Å². The molecule has 0 saturated carbocycles. The van der Waals surface area contributed by atoms with E-state index >= 15 is 0 Å². The summed E-state index contributed by atoms with van der Waals surface area (Å²) in [5.41, 5.74) is 0.862. The van der Waals surface area contributed by atoms with Gasteiger partial charge < -0.3 is 20.5 Å². The van der Waals surface area contributed by atoms with Crippen LogP contribution in [0.25, 0.3) is 0 Å². The number of nitrogens with one attached hydrogen (secondary N) is 1. The normalized spacial score (nSPS) is 20.6. The summed E-state index contributed by atoms with van der Waals surface area (Å²) in [5.74, 6) is -2.09. The van der Waals surface area contributed by atoms with Crippen molar-refractivity contribution in [1.82, 2.24) is 40.2 Å². The van der Waals surface area contributed by atoms with Gasteiger partial charge in [-0.3, -0.25) is 14.5 Å². The van der Waals surface area contributed by atoms with Crippen LogP contribution in [0.1, 0.15) is 18.7 Å². The van der Waals surface area contributed by atoms with Crippen LogP contribution in [0.4, 0.5) is 5.82 Å². The molecule has 3 atom stereocenters. The van der Waals surface area contributed by atoms with Crippen molar-refractivity contribution >= 4 is 47.1 Å². The molecule has 0 aromatic carbocycles. The molecule has 1 saturated heterocycles. The van der Waals surface area contributed by atoms with Crippen LogP contribution < -0.4 is 5.32 Å². The fraction of sp³-hybridized carbons (Fsp3) is 0.471. The van der Waals surface area contributed by atoms with Crippen LogP contribution >= 0.6 is 23.5 Å². The number of carbonyl (C=O) groups excluding carboxylic acids is 2. The third-order valence-electron chi connectivity index (χ3n) is 5.35. The highest BCUT2D eigenvalue weighted by molar-refractivity contribution is 8.01. The number of nitrogens with zero attached hydrogens (tertiary/aromatic N) is 8. The van der Waals surface area contributed by atoms with Gasteiger partial charge in [0.25, 0.3) is 5.91 Å². The van der Waals surface area contributed by atoms with Crippen LogP contribution in [0.5, 0.6) is 0 Å². The maximum absolute atomic E-state index is 12.8. The smallest absolute Gasteiger partial charge is 0.390 e. The Morgan fingerprint density at radius 2 is 2.21 bits per heavy atom. The number of aryl methyl sites for hydroxylation is 2. The minimum atomic E-state index is -1.23. The lowest BCUT2D eigenvalue weighted by atomic mass is 10.0. The standard InChI is InChI=1S/C17H19N9O6S2/c1-7-4-10(26(31)32)20-25(7)8(2)13(27)18-11-14(28)24-12(16(29)30)9(5-33-15(11)24)6-34-17-19-21-22-23(17)3/h4,8,11,15H,5-6H2,1-3H3,(H,18,27)(H,29,30)/t8-,11-,15+/m0/s1. The summed E-state index contributed by atoms with van der Waals surface area (Å²) in [6.45, 7) is 3.09. The maximum Gasteiger partial charge on any atom is 0.390 e. The van der Waals surface area contributed by atoms with Gasteiger partial charge in [-0.05, 0) is 34.8 Å². The topological polar surface area (TPSA) is 191 Å². The Labute approximate surface area is 200 Å². The Morgan fingerprint density at radius 3 is 2.79 bits per heavy atom. The van der Waals surface area contributed by atoms with E-state index in [9.17, 15) is 29.6 Å². The molecule has 2 aliphatic heterocycles. The first-order valence-corrected chi connectivity index (χ1v) is 11.9. The average Bonchev–Trinajstić information content (AvgIpc) is 3.39. The molecule has 2 amide bonds. The number of fused-ring (bicyclic) bond motifs is 1. The molecule has 0 spiro atoms. The highest BCUT2D eigenvalue weighted by atomic mass is 32.2. The predicted octanol–water partition coefficient (Wildman–Crippen LogP) is -0.285. The zero-order valence-electron chi connectivity index (χ0n) is 18.1. The van der Waals surface area contributed by atoms with Crippen molar-refractivity contribution in [3.63, 3.8) is 0 Å². The van der Waals surface area contributed by atoms with Crippen LogP contribution in [-0.2, 0) is 21.4 Å². The number of hydrogen-bond donors (Lipinski definition) is 2. The quantitative estimate of drug-likeness (QED) is 0.205. The van der Waals surface area contributed by atoms with Crippen LogP contribution in [0.2, 0.25) is 0 Å². The van der Waals surface area contributed by atoms with Crippen molar-refractivity contribution in [1.29, 1.82) is 0 Å². The Kier molecular flexibility index (Phi) is 6.30. The highest BCUT2D eigenvalue weighted by Gasteiger charge is 2.54. The van der Waals surface area contributed by atoms with Crippen molar-refractivity contribution < 1.29 is 24.4 Å². The molecule has 2 aliphatic rings. The molecule has 2 aromatic rings. The van der Waals surface area contributed by atoms with Gasteiger partial charge in [-0.25, -0.2) is 9.48 Å². The molecule has 1 fully saturated rings. The third-order valence-corrected chi connectivity index (χ3v) is 7.78. The number of β-lactam (4-membered cyclic amide) rings is 1. The highest BCUT2D eigenvalue weighted by Crippen LogP contribution is 2.41. The number of tetrazole rings is 1. The second-order valence-electron chi connectivity index (χ2n) is 7.55. The zero-order valence-corrected chi connectivity index (χ0v) is 19.7. The van der Waals surface area contributed by atoms with E-state index in [1.54, 1.807) is 14.0 Å². The lowest BCUT2D eigenvalue weighted by Gasteiger charge is -2.49. The van der Waals surface area contributed by atoms with Gasteiger partial charge in [0.15, 0.2) is 0 Å². The lowest BCUT2D eigenvalue weighted by Crippen LogP contribution is -2.71. The summed E-state index contributed by atoms with van der Waals surface area (Å²) in [5, 5.41) is 38.2. The molecule has 180 valence electrons. The second-order valence-corrected chi connectivity index (χ2v) is 9.60. The van der Waals surface area contributed by atoms with Crippen LogP contribution in [0.3, 0.4) is 0 Å². The largest absolute Gasteiger partial charge is 0.477 e. The molecule has 0 radical (unpaired) electrons. The first kappa shape index (κ1) is 23.7. The molecule has 34 heavy (non-hydrogen) atoms. The number of thioether (sulfide) groups is 2. The number of hydrogen-bond acceptors (Lipinski definition) is 11. The number of aromatic nitrogens is 6. The zero-order chi connectivity index (χ0) is 24.7. The van der Waals surface area contributed by atoms with Crippen LogP contribution in [-0.4, -0.2) is 85.6 Å². The number of amides is 2. The summed E-state index contributed by atoms with van der Waals surface area (Å²) in [6.07, 6.45) is 0. The second kappa shape index (κ2) is 9.05. The molecule has 2 N–H and O–H groups in total. The van der Waals surface area contributed by atoms with E-state index in [1.165, 1.54) is 50.8 Å². The first-order valence-electron chi connectivity index (χ1n) is 9.86. The van der Waals surface area contributed by atoms with Crippen molar-refractivity contribution in [3.8, 4) is 0 Å². The summed E-state index contributed by atoms with van der Waals surface area (Å²) in [7, 11) is 1.66. The van der Waals surface area contributed by atoms with Crippen LogP contribution in [0, 0.1) is 17.0 Å². The lowest BCUT2D eigenvalue weighted by molar-refractivity contribution is -0.389. The number of nitro groups is 1. The van der Waals surface area contributed by atoms with Crippen LogP contribution in [0.15, 0.2) is 22.5 Å². The minimum Gasteiger partial charge on any atom is -0.477 e. The number of rotatable bonds is 8. The molecule has 0 bridgehead atoms. The van der Waals surface area contributed by atoms with E-state index in [4.69, 9.17) is 0 Å². The van der Waals surface area contributed by atoms with E-state index in [1.807, 2.05) is 0 Å². The van der Waals surface area contributed by atoms with E-state index in [-0.39, 0.29) is 17.3 Å². The fourth-order valence-corrected chi connectivity index (χ4v) is 5.96. The van der Waals surface area contributed by atoms with Gasteiger partial charge in [0.2, 0.25) is 11.1 Å². The number of aliphatic carboxylic acids is 1. The Hall–Kier alpha value is -3.47.